The second-order valence-electron chi connectivity index (χ2n) is 3.94. The lowest BCUT2D eigenvalue weighted by molar-refractivity contribution is 0.0925. The van der Waals surface area contributed by atoms with Crippen LogP contribution in [0, 0.1) is 5.82 Å². The van der Waals surface area contributed by atoms with E-state index < -0.39 is 17.6 Å². The molecule has 2 amide bonds. The summed E-state index contributed by atoms with van der Waals surface area (Å²) >= 11 is 0. The molecular formula is C14H8FNO2. The van der Waals surface area contributed by atoms with Crippen molar-refractivity contribution in [1.82, 2.24) is 0 Å². The molecule has 3 nitrogen and oxygen atoms in total. The van der Waals surface area contributed by atoms with Crippen molar-refractivity contribution in [3.05, 3.63) is 65.5 Å². The molecule has 2 aromatic rings. The standard InChI is InChI=1S/C14H8FNO2/c15-11-8-4-7-10-12(11)14(18)16(13(10)17)9-5-2-1-3-6-9/h1-8H. The topological polar surface area (TPSA) is 37.4 Å². The highest BCUT2D eigenvalue weighted by molar-refractivity contribution is 6.34. The summed E-state index contributed by atoms with van der Waals surface area (Å²) < 4.78 is 13.6. The van der Waals surface area contributed by atoms with Crippen LogP contribution in [0.2, 0.25) is 0 Å². The predicted octanol–water partition coefficient (Wildman–Crippen LogP) is 2.63. The maximum Gasteiger partial charge on any atom is 0.269 e. The number of fused-ring (bicyclic) bond motifs is 1. The van der Waals surface area contributed by atoms with Gasteiger partial charge in [0, 0.05) is 0 Å². The smallest absolute Gasteiger partial charge is 0.268 e. The van der Waals surface area contributed by atoms with Gasteiger partial charge in [-0.05, 0) is 24.3 Å². The summed E-state index contributed by atoms with van der Waals surface area (Å²) in [4.78, 5) is 25.2. The third-order valence-electron chi connectivity index (χ3n) is 2.88. The van der Waals surface area contributed by atoms with Crippen molar-refractivity contribution in [2.45, 2.75) is 0 Å². The van der Waals surface area contributed by atoms with Gasteiger partial charge >= 0.3 is 0 Å². The predicted molar refractivity (Wildman–Crippen MR) is 64.0 cm³/mol. The van der Waals surface area contributed by atoms with Crippen LogP contribution < -0.4 is 4.90 Å². The van der Waals surface area contributed by atoms with Crippen LogP contribution in [0.1, 0.15) is 20.7 Å². The monoisotopic (exact) mass is 241 g/mol. The van der Waals surface area contributed by atoms with E-state index >= 15 is 0 Å². The summed E-state index contributed by atoms with van der Waals surface area (Å²) in [6.07, 6.45) is 0. The van der Waals surface area contributed by atoms with Crippen molar-refractivity contribution in [2.24, 2.45) is 0 Å². The zero-order chi connectivity index (χ0) is 12.7. The molecule has 1 aliphatic heterocycles. The Hall–Kier alpha value is -2.49. The van der Waals surface area contributed by atoms with E-state index in [-0.39, 0.29) is 11.1 Å². The number of para-hydroxylation sites is 1. The van der Waals surface area contributed by atoms with Crippen LogP contribution >= 0.6 is 0 Å². The number of hydrogen-bond acceptors (Lipinski definition) is 2. The summed E-state index contributed by atoms with van der Waals surface area (Å²) in [5, 5.41) is 0. The fourth-order valence-electron chi connectivity index (χ4n) is 2.06. The van der Waals surface area contributed by atoms with E-state index in [0.29, 0.717) is 5.69 Å². The molecule has 0 saturated heterocycles. The lowest BCUT2D eigenvalue weighted by Gasteiger charge is -2.13. The van der Waals surface area contributed by atoms with Crippen molar-refractivity contribution in [1.29, 1.82) is 0 Å². The molecule has 0 bridgehead atoms. The summed E-state index contributed by atoms with van der Waals surface area (Å²) in [5.41, 5.74) is 0.415. The minimum Gasteiger partial charge on any atom is -0.268 e. The molecule has 0 atom stereocenters. The SMILES string of the molecule is O=C1c2cccc(F)c2C(=O)N1c1ccccc1. The zero-order valence-corrected chi connectivity index (χ0v) is 9.26. The van der Waals surface area contributed by atoms with Crippen molar-refractivity contribution >= 4 is 17.5 Å². The molecule has 0 radical (unpaired) electrons. The highest BCUT2D eigenvalue weighted by atomic mass is 19.1. The first-order chi connectivity index (χ1) is 8.70. The summed E-state index contributed by atoms with van der Waals surface area (Å²) in [5.74, 6) is -1.76. The van der Waals surface area contributed by atoms with Crippen LogP contribution in [-0.4, -0.2) is 11.8 Å². The second kappa shape index (κ2) is 3.77. The van der Waals surface area contributed by atoms with Gasteiger partial charge in [0.1, 0.15) is 5.82 Å². The molecule has 0 aromatic heterocycles. The number of imide groups is 1. The molecule has 0 unspecified atom stereocenters. The van der Waals surface area contributed by atoms with Crippen LogP contribution in [0.15, 0.2) is 48.5 Å². The van der Waals surface area contributed by atoms with Crippen LogP contribution in [0.5, 0.6) is 0 Å². The first-order valence-electron chi connectivity index (χ1n) is 5.42. The van der Waals surface area contributed by atoms with E-state index in [1.54, 1.807) is 30.3 Å². The number of hydrogen-bond donors (Lipinski definition) is 0. The number of rotatable bonds is 1. The number of nitrogens with zero attached hydrogens (tertiary/aromatic N) is 1. The number of anilines is 1. The Labute approximate surface area is 102 Å². The van der Waals surface area contributed by atoms with Gasteiger partial charge in [-0.2, -0.15) is 0 Å². The summed E-state index contributed by atoms with van der Waals surface area (Å²) in [6.45, 7) is 0. The summed E-state index contributed by atoms with van der Waals surface area (Å²) in [7, 11) is 0. The molecule has 0 fully saturated rings. The minimum absolute atomic E-state index is 0.115. The van der Waals surface area contributed by atoms with Gasteiger partial charge in [-0.3, -0.25) is 9.59 Å². The highest BCUT2D eigenvalue weighted by Gasteiger charge is 2.38. The molecule has 0 spiro atoms. The van der Waals surface area contributed by atoms with Crippen LogP contribution in [0.25, 0.3) is 0 Å². The van der Waals surface area contributed by atoms with Crippen LogP contribution in [-0.2, 0) is 0 Å². The maximum absolute atomic E-state index is 13.6. The van der Waals surface area contributed by atoms with Crippen LogP contribution in [0.3, 0.4) is 0 Å². The maximum atomic E-state index is 13.6. The van der Waals surface area contributed by atoms with Crippen LogP contribution in [0.4, 0.5) is 10.1 Å². The Bertz CT molecular complexity index is 652. The van der Waals surface area contributed by atoms with Gasteiger partial charge < -0.3 is 0 Å². The third kappa shape index (κ3) is 1.35. The molecule has 3 rings (SSSR count). The molecular weight excluding hydrogens is 233 g/mol. The number of carbonyl (C=O) groups is 2. The zero-order valence-electron chi connectivity index (χ0n) is 9.26. The van der Waals surface area contributed by atoms with Gasteiger partial charge in [0.2, 0.25) is 0 Å². The third-order valence-corrected chi connectivity index (χ3v) is 2.88. The van der Waals surface area contributed by atoms with E-state index in [4.69, 9.17) is 0 Å². The van der Waals surface area contributed by atoms with Crippen molar-refractivity contribution in [2.75, 3.05) is 4.90 Å². The molecule has 88 valence electrons. The first kappa shape index (κ1) is 10.7. The summed E-state index contributed by atoms with van der Waals surface area (Å²) in [6, 6.07) is 12.6. The lowest BCUT2D eigenvalue weighted by Crippen LogP contribution is -2.29. The van der Waals surface area contributed by atoms with Crippen molar-refractivity contribution < 1.29 is 14.0 Å². The molecule has 4 heteroatoms. The normalized spacial score (nSPS) is 13.9. The average Bonchev–Trinajstić information content (AvgIpc) is 2.64. The van der Waals surface area contributed by atoms with Crippen molar-refractivity contribution in [3.8, 4) is 0 Å². The van der Waals surface area contributed by atoms with E-state index in [1.165, 1.54) is 18.2 Å². The molecule has 1 heterocycles. The number of carbonyl (C=O) groups excluding carboxylic acids is 2. The van der Waals surface area contributed by atoms with Gasteiger partial charge in [-0.15, -0.1) is 0 Å². The lowest BCUT2D eigenvalue weighted by atomic mass is 10.1. The Kier molecular flexibility index (Phi) is 2.23. The highest BCUT2D eigenvalue weighted by Crippen LogP contribution is 2.29. The van der Waals surface area contributed by atoms with E-state index in [1.807, 2.05) is 0 Å². The quantitative estimate of drug-likeness (QED) is 0.720. The van der Waals surface area contributed by atoms with E-state index in [0.717, 1.165) is 4.90 Å². The van der Waals surface area contributed by atoms with Gasteiger partial charge in [-0.25, -0.2) is 9.29 Å². The fraction of sp³-hybridized carbons (Fsp3) is 0. The average molecular weight is 241 g/mol. The molecule has 2 aromatic carbocycles. The molecule has 1 aliphatic rings. The second-order valence-corrected chi connectivity index (χ2v) is 3.94. The van der Waals surface area contributed by atoms with E-state index in [9.17, 15) is 14.0 Å². The molecule has 18 heavy (non-hydrogen) atoms. The minimum atomic E-state index is -0.663. The van der Waals surface area contributed by atoms with Gasteiger partial charge in [0.15, 0.2) is 0 Å². The van der Waals surface area contributed by atoms with E-state index in [2.05, 4.69) is 0 Å². The fourth-order valence-corrected chi connectivity index (χ4v) is 2.06. The Morgan fingerprint density at radius 3 is 2.22 bits per heavy atom. The Balaban J connectivity index is 2.17. The number of halogens is 1. The van der Waals surface area contributed by atoms with Gasteiger partial charge in [0.05, 0.1) is 16.8 Å². The Morgan fingerprint density at radius 1 is 0.833 bits per heavy atom. The van der Waals surface area contributed by atoms with Crippen molar-refractivity contribution in [3.63, 3.8) is 0 Å². The van der Waals surface area contributed by atoms with Gasteiger partial charge in [0.25, 0.3) is 11.8 Å². The largest absolute Gasteiger partial charge is 0.269 e. The number of amides is 2. The Morgan fingerprint density at radius 2 is 1.56 bits per heavy atom. The molecule has 0 aliphatic carbocycles. The first-order valence-corrected chi connectivity index (χ1v) is 5.42. The molecule has 0 saturated carbocycles. The number of benzene rings is 2. The van der Waals surface area contributed by atoms with Gasteiger partial charge in [-0.1, -0.05) is 24.3 Å². The molecule has 0 N–H and O–H groups in total.